The lowest BCUT2D eigenvalue weighted by Crippen LogP contribution is -2.06. The van der Waals surface area contributed by atoms with E-state index >= 15 is 0 Å². The topological polar surface area (TPSA) is 78.1 Å². The summed E-state index contributed by atoms with van der Waals surface area (Å²) in [5, 5.41) is 2.42. The summed E-state index contributed by atoms with van der Waals surface area (Å²) in [4.78, 5) is 20.9. The highest BCUT2D eigenvalue weighted by Gasteiger charge is 2.10. The zero-order valence-corrected chi connectivity index (χ0v) is 12.2. The van der Waals surface area contributed by atoms with Crippen LogP contribution in [0.3, 0.4) is 0 Å². The van der Waals surface area contributed by atoms with E-state index in [0.29, 0.717) is 17.4 Å². The molecular weight excluding hydrogens is 286 g/mol. The number of rotatable bonds is 3. The number of thiazole rings is 1. The number of benzene rings is 1. The van der Waals surface area contributed by atoms with Crippen LogP contribution in [0.1, 0.15) is 17.4 Å². The monoisotopic (exact) mass is 299 g/mol. The summed E-state index contributed by atoms with van der Waals surface area (Å²) in [7, 11) is 0. The number of esters is 1. The van der Waals surface area contributed by atoms with Gasteiger partial charge in [0.2, 0.25) is 0 Å². The van der Waals surface area contributed by atoms with E-state index in [1.54, 1.807) is 25.4 Å². The van der Waals surface area contributed by atoms with E-state index in [4.69, 9.17) is 10.5 Å². The third-order valence-corrected chi connectivity index (χ3v) is 3.89. The van der Waals surface area contributed by atoms with Crippen LogP contribution in [0.2, 0.25) is 0 Å². The van der Waals surface area contributed by atoms with Gasteiger partial charge in [-0.25, -0.2) is 14.8 Å². The number of nitrogen functional groups attached to an aromatic ring is 1. The van der Waals surface area contributed by atoms with Crippen LogP contribution in [0.15, 0.2) is 36.7 Å². The largest absolute Gasteiger partial charge is 0.461 e. The summed E-state index contributed by atoms with van der Waals surface area (Å²) in [6, 6.07) is 7.68. The smallest absolute Gasteiger partial charge is 0.356 e. The fourth-order valence-corrected chi connectivity index (χ4v) is 2.71. The first kappa shape index (κ1) is 13.5. The normalized spacial score (nSPS) is 10.7. The second-order valence-electron chi connectivity index (χ2n) is 4.41. The van der Waals surface area contributed by atoms with Crippen molar-refractivity contribution in [2.24, 2.45) is 0 Å². The highest BCUT2D eigenvalue weighted by atomic mass is 32.1. The zero-order valence-electron chi connectivity index (χ0n) is 11.4. The number of hydrogen-bond acceptors (Lipinski definition) is 6. The molecule has 0 spiro atoms. The SMILES string of the molecule is CCOC(=O)c1cc2cc(-c3cnc(N)s3)ccc2cn1. The van der Waals surface area contributed by atoms with Gasteiger partial charge in [0.05, 0.1) is 11.5 Å². The molecule has 2 heterocycles. The van der Waals surface area contributed by atoms with Crippen molar-refractivity contribution in [3.63, 3.8) is 0 Å². The third kappa shape index (κ3) is 2.71. The molecule has 0 atom stereocenters. The molecule has 0 bridgehead atoms. The van der Waals surface area contributed by atoms with Crippen LogP contribution in [-0.4, -0.2) is 22.5 Å². The first-order valence-corrected chi connectivity index (χ1v) is 7.27. The number of nitrogens with zero attached hydrogens (tertiary/aromatic N) is 2. The van der Waals surface area contributed by atoms with Crippen LogP contribution in [0.5, 0.6) is 0 Å². The average Bonchev–Trinajstić information content (AvgIpc) is 2.93. The Morgan fingerprint density at radius 3 is 2.81 bits per heavy atom. The van der Waals surface area contributed by atoms with E-state index in [2.05, 4.69) is 9.97 Å². The molecule has 106 valence electrons. The molecule has 0 unspecified atom stereocenters. The number of pyridine rings is 1. The molecular formula is C15H13N3O2S. The molecule has 1 aromatic carbocycles. The Hall–Kier alpha value is -2.47. The summed E-state index contributed by atoms with van der Waals surface area (Å²) < 4.78 is 4.97. The van der Waals surface area contributed by atoms with Crippen molar-refractivity contribution >= 4 is 33.2 Å². The fourth-order valence-electron chi connectivity index (χ4n) is 2.03. The Labute approximate surface area is 125 Å². The van der Waals surface area contributed by atoms with Crippen molar-refractivity contribution in [1.82, 2.24) is 9.97 Å². The van der Waals surface area contributed by atoms with Gasteiger partial charge < -0.3 is 10.5 Å². The van der Waals surface area contributed by atoms with E-state index in [1.807, 2.05) is 18.2 Å². The fraction of sp³-hybridized carbons (Fsp3) is 0.133. The lowest BCUT2D eigenvalue weighted by molar-refractivity contribution is 0.0520. The number of carbonyl (C=O) groups excluding carboxylic acids is 1. The van der Waals surface area contributed by atoms with Gasteiger partial charge in [-0.2, -0.15) is 0 Å². The van der Waals surface area contributed by atoms with Crippen molar-refractivity contribution in [3.05, 3.63) is 42.4 Å². The van der Waals surface area contributed by atoms with Crippen LogP contribution in [0.25, 0.3) is 21.2 Å². The Morgan fingerprint density at radius 1 is 1.24 bits per heavy atom. The maximum Gasteiger partial charge on any atom is 0.356 e. The molecule has 0 aliphatic heterocycles. The first-order chi connectivity index (χ1) is 10.2. The number of hydrogen-bond donors (Lipinski definition) is 1. The second kappa shape index (κ2) is 5.49. The van der Waals surface area contributed by atoms with Crippen molar-refractivity contribution in [2.45, 2.75) is 6.92 Å². The molecule has 2 N–H and O–H groups in total. The van der Waals surface area contributed by atoms with Crippen molar-refractivity contribution in [2.75, 3.05) is 12.3 Å². The standard InChI is InChI=1S/C15H13N3O2S/c1-2-20-14(19)12-6-11-5-9(3-4-10(11)7-17-12)13-8-18-15(16)21-13/h3-8H,2H2,1H3,(H2,16,18). The highest BCUT2D eigenvalue weighted by Crippen LogP contribution is 2.29. The van der Waals surface area contributed by atoms with E-state index in [-0.39, 0.29) is 0 Å². The summed E-state index contributed by atoms with van der Waals surface area (Å²) in [5.41, 5.74) is 6.98. The Bertz CT molecular complexity index is 814. The molecule has 3 rings (SSSR count). The average molecular weight is 299 g/mol. The molecule has 0 aliphatic carbocycles. The molecule has 0 aliphatic rings. The molecule has 0 saturated heterocycles. The molecule has 2 aromatic heterocycles. The Kier molecular flexibility index (Phi) is 3.53. The second-order valence-corrected chi connectivity index (χ2v) is 5.48. The summed E-state index contributed by atoms with van der Waals surface area (Å²) >= 11 is 1.43. The Balaban J connectivity index is 2.05. The maximum atomic E-state index is 11.7. The van der Waals surface area contributed by atoms with Gasteiger partial charge in [0.1, 0.15) is 5.69 Å². The van der Waals surface area contributed by atoms with E-state index in [9.17, 15) is 4.79 Å². The molecule has 5 nitrogen and oxygen atoms in total. The van der Waals surface area contributed by atoms with Crippen LogP contribution >= 0.6 is 11.3 Å². The van der Waals surface area contributed by atoms with Gasteiger partial charge in [0, 0.05) is 17.8 Å². The quantitative estimate of drug-likeness (QED) is 0.752. The number of fused-ring (bicyclic) bond motifs is 1. The highest BCUT2D eigenvalue weighted by molar-refractivity contribution is 7.18. The van der Waals surface area contributed by atoms with Crippen molar-refractivity contribution in [1.29, 1.82) is 0 Å². The van der Waals surface area contributed by atoms with Crippen LogP contribution in [0, 0.1) is 0 Å². The number of nitrogens with two attached hydrogens (primary N) is 1. The van der Waals surface area contributed by atoms with Crippen LogP contribution in [0.4, 0.5) is 5.13 Å². The molecule has 0 fully saturated rings. The van der Waals surface area contributed by atoms with E-state index in [0.717, 1.165) is 21.2 Å². The number of ether oxygens (including phenoxy) is 1. The zero-order chi connectivity index (χ0) is 14.8. The van der Waals surface area contributed by atoms with Gasteiger partial charge in [0.25, 0.3) is 0 Å². The number of carbonyl (C=O) groups is 1. The van der Waals surface area contributed by atoms with E-state index < -0.39 is 5.97 Å². The molecule has 3 aromatic rings. The third-order valence-electron chi connectivity index (χ3n) is 3.01. The molecule has 0 radical (unpaired) electrons. The number of aromatic nitrogens is 2. The summed E-state index contributed by atoms with van der Waals surface area (Å²) in [5.74, 6) is -0.410. The minimum atomic E-state index is -0.410. The van der Waals surface area contributed by atoms with Gasteiger partial charge in [-0.05, 0) is 30.0 Å². The molecule has 21 heavy (non-hydrogen) atoms. The van der Waals surface area contributed by atoms with Gasteiger partial charge in [0.15, 0.2) is 5.13 Å². The maximum absolute atomic E-state index is 11.7. The van der Waals surface area contributed by atoms with Crippen molar-refractivity contribution in [3.8, 4) is 10.4 Å². The number of anilines is 1. The predicted molar refractivity (Wildman–Crippen MR) is 83.2 cm³/mol. The Morgan fingerprint density at radius 2 is 2.10 bits per heavy atom. The molecule has 0 saturated carbocycles. The van der Waals surface area contributed by atoms with E-state index in [1.165, 1.54) is 11.3 Å². The van der Waals surface area contributed by atoms with Gasteiger partial charge in [-0.15, -0.1) is 0 Å². The predicted octanol–water partition coefficient (Wildman–Crippen LogP) is 3.12. The summed E-state index contributed by atoms with van der Waals surface area (Å²) in [6.45, 7) is 2.10. The van der Waals surface area contributed by atoms with Gasteiger partial charge >= 0.3 is 5.97 Å². The summed E-state index contributed by atoms with van der Waals surface area (Å²) in [6.07, 6.45) is 3.42. The lowest BCUT2D eigenvalue weighted by atomic mass is 10.1. The van der Waals surface area contributed by atoms with Crippen LogP contribution < -0.4 is 5.73 Å². The molecule has 6 heteroatoms. The minimum absolute atomic E-state index is 0.310. The lowest BCUT2D eigenvalue weighted by Gasteiger charge is -2.04. The minimum Gasteiger partial charge on any atom is -0.461 e. The van der Waals surface area contributed by atoms with Gasteiger partial charge in [-0.3, -0.25) is 0 Å². The van der Waals surface area contributed by atoms with Crippen molar-refractivity contribution < 1.29 is 9.53 Å². The van der Waals surface area contributed by atoms with Gasteiger partial charge in [-0.1, -0.05) is 23.5 Å². The first-order valence-electron chi connectivity index (χ1n) is 6.46. The molecule has 0 amide bonds. The van der Waals surface area contributed by atoms with Crippen LogP contribution in [-0.2, 0) is 4.74 Å².